The van der Waals surface area contributed by atoms with Gasteiger partial charge in [-0.25, -0.2) is 4.79 Å². The molecule has 1 unspecified atom stereocenters. The lowest BCUT2D eigenvalue weighted by atomic mass is 10.0. The van der Waals surface area contributed by atoms with Crippen molar-refractivity contribution in [3.8, 4) is 0 Å². The van der Waals surface area contributed by atoms with Crippen LogP contribution in [0.15, 0.2) is 29.1 Å². The third kappa shape index (κ3) is 2.90. The molecule has 1 aromatic carbocycles. The molecule has 20 heavy (non-hydrogen) atoms. The Morgan fingerprint density at radius 1 is 1.30 bits per heavy atom. The molecule has 1 atom stereocenters. The molecule has 1 aromatic heterocycles. The summed E-state index contributed by atoms with van der Waals surface area (Å²) in [6, 6.07) is 8.07. The monoisotopic (exact) mass is 273 g/mol. The van der Waals surface area contributed by atoms with E-state index in [0.717, 1.165) is 29.6 Å². The largest absolute Gasteiger partial charge is 0.348 e. The van der Waals surface area contributed by atoms with Gasteiger partial charge in [0, 0.05) is 18.5 Å². The second-order valence-electron chi connectivity index (χ2n) is 5.56. The molecule has 0 aliphatic rings. The highest BCUT2D eigenvalue weighted by Gasteiger charge is 2.14. The van der Waals surface area contributed by atoms with E-state index in [-0.39, 0.29) is 5.69 Å². The van der Waals surface area contributed by atoms with Gasteiger partial charge in [0.2, 0.25) is 0 Å². The standard InChI is InChI=1S/C16H23N3O/c1-5-12(2)15-13-8-6-7-9-14(13)19(16(20)17-15)11-10-18(3)4/h6-9,12H,5,10-11H2,1-4H3. The first kappa shape index (κ1) is 14.7. The van der Waals surface area contributed by atoms with Crippen molar-refractivity contribution in [2.45, 2.75) is 32.7 Å². The summed E-state index contributed by atoms with van der Waals surface area (Å²) >= 11 is 0. The van der Waals surface area contributed by atoms with E-state index in [4.69, 9.17) is 0 Å². The average Bonchev–Trinajstić information content (AvgIpc) is 2.44. The van der Waals surface area contributed by atoms with Crippen LogP contribution in [0.5, 0.6) is 0 Å². The highest BCUT2D eigenvalue weighted by molar-refractivity contribution is 5.81. The van der Waals surface area contributed by atoms with Gasteiger partial charge in [0.05, 0.1) is 11.2 Å². The molecule has 0 N–H and O–H groups in total. The average molecular weight is 273 g/mol. The first-order chi connectivity index (χ1) is 9.54. The molecule has 2 aromatic rings. The maximum atomic E-state index is 12.3. The Labute approximate surface area is 120 Å². The van der Waals surface area contributed by atoms with Gasteiger partial charge < -0.3 is 4.90 Å². The van der Waals surface area contributed by atoms with E-state index in [1.807, 2.05) is 32.3 Å². The Morgan fingerprint density at radius 3 is 2.65 bits per heavy atom. The number of aromatic nitrogens is 2. The molecule has 0 fully saturated rings. The quantitative estimate of drug-likeness (QED) is 0.840. The van der Waals surface area contributed by atoms with Crippen molar-refractivity contribution in [2.75, 3.05) is 20.6 Å². The van der Waals surface area contributed by atoms with E-state index in [2.05, 4.69) is 29.8 Å². The summed E-state index contributed by atoms with van der Waals surface area (Å²) < 4.78 is 1.78. The van der Waals surface area contributed by atoms with E-state index in [1.165, 1.54) is 0 Å². The van der Waals surface area contributed by atoms with Crippen molar-refractivity contribution in [1.29, 1.82) is 0 Å². The molecule has 0 spiro atoms. The number of fused-ring (bicyclic) bond motifs is 1. The molecule has 1 heterocycles. The van der Waals surface area contributed by atoms with Gasteiger partial charge in [-0.3, -0.25) is 4.57 Å². The fourth-order valence-electron chi connectivity index (χ4n) is 2.34. The first-order valence-electron chi connectivity index (χ1n) is 7.18. The fraction of sp³-hybridized carbons (Fsp3) is 0.500. The summed E-state index contributed by atoms with van der Waals surface area (Å²) in [6.45, 7) is 5.74. The minimum atomic E-state index is -0.138. The summed E-state index contributed by atoms with van der Waals surface area (Å²) in [5, 5.41) is 1.10. The van der Waals surface area contributed by atoms with E-state index < -0.39 is 0 Å². The van der Waals surface area contributed by atoms with Crippen LogP contribution in [0, 0.1) is 0 Å². The lowest BCUT2D eigenvalue weighted by Gasteiger charge is -2.17. The second-order valence-corrected chi connectivity index (χ2v) is 5.56. The highest BCUT2D eigenvalue weighted by atomic mass is 16.1. The van der Waals surface area contributed by atoms with Gasteiger partial charge in [0.25, 0.3) is 0 Å². The van der Waals surface area contributed by atoms with Crippen LogP contribution >= 0.6 is 0 Å². The minimum Gasteiger partial charge on any atom is -0.308 e. The molecule has 4 heteroatoms. The third-order valence-corrected chi connectivity index (χ3v) is 3.77. The molecule has 0 saturated carbocycles. The van der Waals surface area contributed by atoms with Crippen LogP contribution in [0.4, 0.5) is 0 Å². The molecule has 0 radical (unpaired) electrons. The maximum Gasteiger partial charge on any atom is 0.348 e. The summed E-state index contributed by atoms with van der Waals surface area (Å²) in [4.78, 5) is 18.7. The zero-order valence-corrected chi connectivity index (χ0v) is 12.8. The van der Waals surface area contributed by atoms with Crippen molar-refractivity contribution in [3.05, 3.63) is 40.4 Å². The third-order valence-electron chi connectivity index (χ3n) is 3.77. The topological polar surface area (TPSA) is 38.1 Å². The summed E-state index contributed by atoms with van der Waals surface area (Å²) in [7, 11) is 4.02. The normalized spacial score (nSPS) is 13.1. The lowest BCUT2D eigenvalue weighted by Crippen LogP contribution is -2.29. The first-order valence-corrected chi connectivity index (χ1v) is 7.18. The van der Waals surface area contributed by atoms with Crippen molar-refractivity contribution < 1.29 is 0 Å². The van der Waals surface area contributed by atoms with Gasteiger partial charge in [-0.05, 0) is 32.5 Å². The molecule has 108 valence electrons. The van der Waals surface area contributed by atoms with Crippen molar-refractivity contribution >= 4 is 10.9 Å². The maximum absolute atomic E-state index is 12.3. The second kappa shape index (κ2) is 6.18. The van der Waals surface area contributed by atoms with Crippen LogP contribution in [0.3, 0.4) is 0 Å². The zero-order valence-electron chi connectivity index (χ0n) is 12.8. The molecule has 0 aliphatic heterocycles. The highest BCUT2D eigenvalue weighted by Crippen LogP contribution is 2.24. The smallest absolute Gasteiger partial charge is 0.308 e. The number of hydrogen-bond acceptors (Lipinski definition) is 3. The molecule has 4 nitrogen and oxygen atoms in total. The van der Waals surface area contributed by atoms with E-state index in [9.17, 15) is 4.79 Å². The van der Waals surface area contributed by atoms with Crippen LogP contribution in [0.1, 0.15) is 31.9 Å². The van der Waals surface area contributed by atoms with Crippen LogP contribution in [0.2, 0.25) is 0 Å². The predicted molar refractivity (Wildman–Crippen MR) is 83.3 cm³/mol. The number of para-hydroxylation sites is 1. The Bertz CT molecular complexity index is 646. The van der Waals surface area contributed by atoms with Gasteiger partial charge >= 0.3 is 5.69 Å². The van der Waals surface area contributed by atoms with Crippen LogP contribution in [0.25, 0.3) is 10.9 Å². The molecular formula is C16H23N3O. The minimum absolute atomic E-state index is 0.138. The van der Waals surface area contributed by atoms with E-state index >= 15 is 0 Å². The Morgan fingerprint density at radius 2 is 2.00 bits per heavy atom. The molecule has 0 aliphatic carbocycles. The fourth-order valence-corrected chi connectivity index (χ4v) is 2.34. The van der Waals surface area contributed by atoms with Crippen LogP contribution in [-0.4, -0.2) is 35.1 Å². The number of nitrogens with zero attached hydrogens (tertiary/aromatic N) is 3. The van der Waals surface area contributed by atoms with Crippen LogP contribution < -0.4 is 5.69 Å². The Kier molecular flexibility index (Phi) is 4.55. The predicted octanol–water partition coefficient (Wildman–Crippen LogP) is 2.47. The van der Waals surface area contributed by atoms with Crippen LogP contribution in [-0.2, 0) is 6.54 Å². The van der Waals surface area contributed by atoms with Gasteiger partial charge in [-0.2, -0.15) is 4.98 Å². The SMILES string of the molecule is CCC(C)c1nc(=O)n(CCN(C)C)c2ccccc12. The van der Waals surface area contributed by atoms with E-state index in [0.29, 0.717) is 12.5 Å². The number of benzene rings is 1. The molecular weight excluding hydrogens is 250 g/mol. The van der Waals surface area contributed by atoms with Crippen molar-refractivity contribution in [1.82, 2.24) is 14.5 Å². The lowest BCUT2D eigenvalue weighted by molar-refractivity contribution is 0.382. The summed E-state index contributed by atoms with van der Waals surface area (Å²) in [5.74, 6) is 0.302. The van der Waals surface area contributed by atoms with E-state index in [1.54, 1.807) is 4.57 Å². The summed E-state index contributed by atoms with van der Waals surface area (Å²) in [5.41, 5.74) is 1.78. The molecule has 0 saturated heterocycles. The molecule has 0 bridgehead atoms. The molecule has 0 amide bonds. The van der Waals surface area contributed by atoms with Gasteiger partial charge in [-0.1, -0.05) is 32.0 Å². The Balaban J connectivity index is 2.60. The Hall–Kier alpha value is -1.68. The number of likely N-dealkylation sites (N-methyl/N-ethyl adjacent to an activating group) is 1. The van der Waals surface area contributed by atoms with Crippen molar-refractivity contribution in [3.63, 3.8) is 0 Å². The zero-order chi connectivity index (χ0) is 14.7. The van der Waals surface area contributed by atoms with Gasteiger partial charge in [0.15, 0.2) is 0 Å². The number of rotatable bonds is 5. The number of hydrogen-bond donors (Lipinski definition) is 0. The van der Waals surface area contributed by atoms with Gasteiger partial charge in [-0.15, -0.1) is 0 Å². The van der Waals surface area contributed by atoms with Gasteiger partial charge in [0.1, 0.15) is 0 Å². The molecule has 2 rings (SSSR count). The summed E-state index contributed by atoms with van der Waals surface area (Å²) in [6.07, 6.45) is 0.984. The van der Waals surface area contributed by atoms with Crippen molar-refractivity contribution in [2.24, 2.45) is 0 Å².